The molecule has 5 nitrogen and oxygen atoms in total. The lowest BCUT2D eigenvalue weighted by molar-refractivity contribution is 0.493. The fraction of sp³-hybridized carbons (Fsp3) is 0.0909. The number of nitrogens with one attached hydrogen (secondary N) is 1. The van der Waals surface area contributed by atoms with Crippen molar-refractivity contribution in [2.45, 2.75) is 4.90 Å². The van der Waals surface area contributed by atoms with E-state index in [1.165, 1.54) is 24.4 Å². The van der Waals surface area contributed by atoms with E-state index in [2.05, 4.69) is 15.3 Å². The van der Waals surface area contributed by atoms with E-state index < -0.39 is 16.0 Å². The molecule has 2 N–H and O–H groups in total. The minimum absolute atomic E-state index is 0.214. The Balaban J connectivity index is 2.34. The number of hydrogen-bond donors (Lipinski definition) is 2. The third-order valence-corrected chi connectivity index (χ3v) is 3.56. The standard InChI is InChI=1S/C11H9ClFN3O2S/c1-19(17,18)9-6-7(2-3-8(9)13)15-11-14-5-4-10(12)16-11/h2-6H,1H3,(H-,14,15,16,17,18)/p+1. The Hall–Kier alpha value is -1.57. The number of aromatic nitrogens is 2. The number of hydrogen-bond acceptors (Lipinski definition) is 4. The van der Waals surface area contributed by atoms with E-state index in [4.69, 9.17) is 11.6 Å². The minimum atomic E-state index is -3.39. The van der Waals surface area contributed by atoms with Crippen LogP contribution in [0.2, 0.25) is 5.15 Å². The molecule has 1 aromatic carbocycles. The monoisotopic (exact) mass is 302 g/mol. The first kappa shape index (κ1) is 13.9. The summed E-state index contributed by atoms with van der Waals surface area (Å²) in [4.78, 5) is 7.54. The molecule has 1 aromatic heterocycles. The van der Waals surface area contributed by atoms with Gasteiger partial charge in [-0.25, -0.2) is 14.4 Å². The summed E-state index contributed by atoms with van der Waals surface area (Å²) >= 11 is 5.70. The van der Waals surface area contributed by atoms with Crippen molar-refractivity contribution in [2.75, 3.05) is 11.6 Å². The third kappa shape index (κ3) is 3.46. The smallest absolute Gasteiger partial charge is 0.248 e. The van der Waals surface area contributed by atoms with Crippen LogP contribution in [0.1, 0.15) is 0 Å². The maximum atomic E-state index is 13.4. The lowest BCUT2D eigenvalue weighted by Crippen LogP contribution is -2.09. The number of halogens is 2. The molecule has 1 atom stereocenters. The van der Waals surface area contributed by atoms with Gasteiger partial charge in [0.15, 0.2) is 5.82 Å². The second-order valence-corrected chi connectivity index (χ2v) is 6.21. The van der Waals surface area contributed by atoms with Gasteiger partial charge in [0.2, 0.25) is 21.1 Å². The van der Waals surface area contributed by atoms with Crippen LogP contribution < -0.4 is 5.32 Å². The van der Waals surface area contributed by atoms with E-state index in [0.29, 0.717) is 5.69 Å². The lowest BCUT2D eigenvalue weighted by Gasteiger charge is -2.06. The van der Waals surface area contributed by atoms with Crippen LogP contribution in [0.3, 0.4) is 0 Å². The molecule has 0 amide bonds. The van der Waals surface area contributed by atoms with Crippen LogP contribution in [0.4, 0.5) is 16.0 Å². The van der Waals surface area contributed by atoms with Crippen molar-refractivity contribution in [3.8, 4) is 0 Å². The predicted molar refractivity (Wildman–Crippen MR) is 71.6 cm³/mol. The molecule has 0 aliphatic carbocycles. The van der Waals surface area contributed by atoms with Gasteiger partial charge in [-0.2, -0.15) is 4.55 Å². The van der Waals surface area contributed by atoms with Gasteiger partial charge in [0.05, 0.1) is 0 Å². The number of nitrogens with zero attached hydrogens (tertiary/aromatic N) is 2. The molecule has 0 saturated carbocycles. The molecule has 1 heterocycles. The maximum absolute atomic E-state index is 13.4. The number of rotatable bonds is 3. The van der Waals surface area contributed by atoms with Crippen molar-refractivity contribution in [3.63, 3.8) is 0 Å². The summed E-state index contributed by atoms with van der Waals surface area (Å²) in [7, 11) is -3.39. The molecule has 0 bridgehead atoms. The summed E-state index contributed by atoms with van der Waals surface area (Å²) in [6.07, 6.45) is 2.50. The fourth-order valence-electron chi connectivity index (χ4n) is 1.40. The van der Waals surface area contributed by atoms with E-state index in [-0.39, 0.29) is 16.0 Å². The van der Waals surface area contributed by atoms with Crippen molar-refractivity contribution in [3.05, 3.63) is 41.4 Å². The van der Waals surface area contributed by atoms with Gasteiger partial charge < -0.3 is 5.32 Å². The van der Waals surface area contributed by atoms with Crippen molar-refractivity contribution in [1.29, 1.82) is 0 Å². The zero-order chi connectivity index (χ0) is 14.0. The zero-order valence-corrected chi connectivity index (χ0v) is 11.4. The van der Waals surface area contributed by atoms with Crippen LogP contribution in [0, 0.1) is 5.82 Å². The molecule has 0 spiro atoms. The highest BCUT2D eigenvalue weighted by atomic mass is 35.5. The van der Waals surface area contributed by atoms with Gasteiger partial charge in [0, 0.05) is 18.0 Å². The summed E-state index contributed by atoms with van der Waals surface area (Å²) in [5.74, 6) is -0.529. The molecule has 2 aromatic rings. The molecular formula is C11H10ClFN3O2S+. The third-order valence-electron chi connectivity index (χ3n) is 2.22. The largest absolute Gasteiger partial charge is 0.324 e. The first-order chi connectivity index (χ1) is 8.86. The van der Waals surface area contributed by atoms with Crippen LogP contribution >= 0.6 is 11.6 Å². The summed E-state index contributed by atoms with van der Waals surface area (Å²) in [6, 6.07) is 5.26. The lowest BCUT2D eigenvalue weighted by atomic mass is 10.3. The predicted octanol–water partition coefficient (Wildman–Crippen LogP) is 2.97. The number of anilines is 2. The normalized spacial score (nSPS) is 13.9. The van der Waals surface area contributed by atoms with Crippen molar-refractivity contribution >= 4 is 33.5 Å². The molecule has 0 saturated heterocycles. The maximum Gasteiger partial charge on any atom is 0.248 e. The molecule has 0 aliphatic heterocycles. The van der Waals surface area contributed by atoms with Gasteiger partial charge in [0.25, 0.3) is 0 Å². The van der Waals surface area contributed by atoms with E-state index in [9.17, 15) is 13.2 Å². The highest BCUT2D eigenvalue weighted by molar-refractivity contribution is 7.97. The van der Waals surface area contributed by atoms with E-state index in [1.54, 1.807) is 0 Å². The van der Waals surface area contributed by atoms with E-state index in [1.807, 2.05) is 0 Å². The van der Waals surface area contributed by atoms with Gasteiger partial charge in [-0.05, 0) is 18.2 Å². The number of benzene rings is 1. The molecule has 2 rings (SSSR count). The SMILES string of the molecule is C[S+](=O)(O)c1cc(Nc2nccc(Cl)n2)ccc1F. The Morgan fingerprint density at radius 3 is 2.79 bits per heavy atom. The minimum Gasteiger partial charge on any atom is -0.324 e. The van der Waals surface area contributed by atoms with E-state index >= 15 is 0 Å². The van der Waals surface area contributed by atoms with Crippen molar-refractivity contribution in [2.24, 2.45) is 0 Å². The van der Waals surface area contributed by atoms with Crippen LogP contribution in [0.15, 0.2) is 35.4 Å². The second-order valence-electron chi connectivity index (χ2n) is 3.78. The molecular weight excluding hydrogens is 293 g/mol. The quantitative estimate of drug-likeness (QED) is 0.673. The highest BCUT2D eigenvalue weighted by Gasteiger charge is 2.26. The van der Waals surface area contributed by atoms with Crippen LogP contribution in [0.25, 0.3) is 0 Å². The van der Waals surface area contributed by atoms with Crippen LogP contribution in [0.5, 0.6) is 0 Å². The Kier molecular flexibility index (Phi) is 3.79. The van der Waals surface area contributed by atoms with Gasteiger partial charge in [-0.3, -0.25) is 0 Å². The second kappa shape index (κ2) is 5.20. The van der Waals surface area contributed by atoms with Gasteiger partial charge in [-0.15, -0.1) is 0 Å². The summed E-state index contributed by atoms with van der Waals surface area (Å²) in [5.41, 5.74) is 0.391. The van der Waals surface area contributed by atoms with Gasteiger partial charge >= 0.3 is 0 Å². The molecule has 1 unspecified atom stereocenters. The van der Waals surface area contributed by atoms with Crippen LogP contribution in [-0.2, 0) is 14.4 Å². The summed E-state index contributed by atoms with van der Waals surface area (Å²) in [6.45, 7) is 0. The van der Waals surface area contributed by atoms with Gasteiger partial charge in [-0.1, -0.05) is 15.8 Å². The Morgan fingerprint density at radius 1 is 1.42 bits per heavy atom. The highest BCUT2D eigenvalue weighted by Crippen LogP contribution is 2.24. The molecule has 8 heteroatoms. The van der Waals surface area contributed by atoms with Gasteiger partial charge in [0.1, 0.15) is 11.4 Å². The fourth-order valence-corrected chi connectivity index (χ4v) is 2.31. The first-order valence-electron chi connectivity index (χ1n) is 5.13. The average molecular weight is 303 g/mol. The first-order valence-corrected chi connectivity index (χ1v) is 7.43. The van der Waals surface area contributed by atoms with Crippen molar-refractivity contribution < 1.29 is 13.2 Å². The Bertz CT molecular complexity index is 662. The molecule has 19 heavy (non-hydrogen) atoms. The van der Waals surface area contributed by atoms with Crippen molar-refractivity contribution in [1.82, 2.24) is 9.97 Å². The molecule has 100 valence electrons. The average Bonchev–Trinajstić information content (AvgIpc) is 2.30. The van der Waals surface area contributed by atoms with Crippen LogP contribution in [-0.4, -0.2) is 20.8 Å². The summed E-state index contributed by atoms with van der Waals surface area (Å²) < 4.78 is 34.4. The Morgan fingerprint density at radius 2 is 2.16 bits per heavy atom. The zero-order valence-electron chi connectivity index (χ0n) is 9.80. The topological polar surface area (TPSA) is 75.1 Å². The molecule has 0 fully saturated rings. The van der Waals surface area contributed by atoms with E-state index in [0.717, 1.165) is 12.3 Å². The summed E-state index contributed by atoms with van der Waals surface area (Å²) in [5, 5.41) is 3.03. The molecule has 0 aliphatic rings. The molecule has 0 radical (unpaired) electrons. The Labute approximate surface area is 115 Å².